The number of carbonyl (C=O) groups excluding carboxylic acids is 1. The summed E-state index contributed by atoms with van der Waals surface area (Å²) in [7, 11) is 2.36. The Hall–Kier alpha value is -1.81. The Morgan fingerprint density at radius 1 is 1.09 bits per heavy atom. The molecule has 1 aromatic rings. The van der Waals surface area contributed by atoms with Crippen molar-refractivity contribution in [2.24, 2.45) is 34.5 Å². The van der Waals surface area contributed by atoms with Crippen LogP contribution in [0.1, 0.15) is 70.8 Å². The summed E-state index contributed by atoms with van der Waals surface area (Å²) in [4.78, 5) is 15.1. The van der Waals surface area contributed by atoms with Crippen LogP contribution >= 0.6 is 0 Å². The minimum atomic E-state index is -0.275. The fraction of sp³-hybridized carbons (Fsp3) is 0.700. The van der Waals surface area contributed by atoms with Crippen molar-refractivity contribution >= 4 is 6.09 Å². The highest BCUT2D eigenvalue weighted by molar-refractivity contribution is 5.67. The van der Waals surface area contributed by atoms with Crippen LogP contribution in [0.3, 0.4) is 0 Å². The van der Waals surface area contributed by atoms with Gasteiger partial charge in [0.15, 0.2) is 0 Å². The maximum atomic E-state index is 12.5. The lowest BCUT2D eigenvalue weighted by molar-refractivity contribution is -0.0488. The molecule has 184 valence electrons. The average molecular weight is 463 g/mol. The van der Waals surface area contributed by atoms with Gasteiger partial charge in [-0.1, -0.05) is 48.9 Å². The summed E-state index contributed by atoms with van der Waals surface area (Å²) in [5, 5.41) is 2.94. The molecule has 0 radical (unpaired) electrons. The van der Waals surface area contributed by atoms with E-state index in [1.165, 1.54) is 38.6 Å². The van der Waals surface area contributed by atoms with Crippen LogP contribution in [0.25, 0.3) is 0 Å². The number of amides is 1. The first-order valence-corrected chi connectivity index (χ1v) is 13.8. The van der Waals surface area contributed by atoms with Crippen molar-refractivity contribution in [2.75, 3.05) is 13.6 Å². The smallest absolute Gasteiger partial charge is 0.407 e. The molecule has 1 spiro atoms. The maximum Gasteiger partial charge on any atom is 0.407 e. The number of hydrogen-bond acceptors (Lipinski definition) is 3. The van der Waals surface area contributed by atoms with E-state index in [0.717, 1.165) is 54.5 Å². The lowest BCUT2D eigenvalue weighted by Gasteiger charge is -2.58. The van der Waals surface area contributed by atoms with E-state index < -0.39 is 0 Å². The minimum Gasteiger partial charge on any atom is -0.446 e. The average Bonchev–Trinajstić information content (AvgIpc) is 3.32. The number of nitrogens with zero attached hydrogens (tertiary/aromatic N) is 1. The van der Waals surface area contributed by atoms with Gasteiger partial charge in [0.2, 0.25) is 0 Å². The zero-order valence-electron chi connectivity index (χ0n) is 21.3. The summed E-state index contributed by atoms with van der Waals surface area (Å²) in [5.41, 5.74) is 3.58. The first-order valence-electron chi connectivity index (χ1n) is 13.8. The van der Waals surface area contributed by atoms with E-state index in [2.05, 4.69) is 37.2 Å². The molecule has 1 amide bonds. The summed E-state index contributed by atoms with van der Waals surface area (Å²) in [6, 6.07) is 10.8. The summed E-state index contributed by atoms with van der Waals surface area (Å²) in [6.45, 7) is 6.88. The molecule has 34 heavy (non-hydrogen) atoms. The van der Waals surface area contributed by atoms with Gasteiger partial charge in [-0.05, 0) is 99.0 Å². The molecule has 4 heteroatoms. The van der Waals surface area contributed by atoms with Crippen molar-refractivity contribution in [3.05, 3.63) is 47.5 Å². The van der Waals surface area contributed by atoms with Crippen LogP contribution in [0.5, 0.6) is 0 Å². The minimum absolute atomic E-state index is 0.0155. The molecule has 5 aliphatic rings. The maximum absolute atomic E-state index is 12.5. The lowest BCUT2D eigenvalue weighted by atomic mass is 9.47. The Morgan fingerprint density at radius 2 is 1.88 bits per heavy atom. The zero-order chi connectivity index (χ0) is 23.5. The highest BCUT2D eigenvalue weighted by atomic mass is 16.6. The van der Waals surface area contributed by atoms with E-state index in [4.69, 9.17) is 4.74 Å². The molecule has 0 bridgehead atoms. The number of nitrogens with one attached hydrogen (secondary N) is 1. The second-order valence-electron chi connectivity index (χ2n) is 12.5. The topological polar surface area (TPSA) is 41.6 Å². The molecule has 4 fully saturated rings. The standard InChI is InChI=1S/C30H42N2O2/c1-20-25-11-12-27-24-10-9-22-17-23(34-28(33)31-18-21-7-5-4-6-8-21)13-15-29(22,2)26(24)14-16-30(25,27)19-32(20)3/h4-9,20,23-27H,10-19H2,1-3H3,(H,31,33)/t20-,23-,24+,25+,26-,27-,29-,30-/m0/s1. The molecule has 1 heterocycles. The molecule has 1 N–H and O–H groups in total. The summed E-state index contributed by atoms with van der Waals surface area (Å²) >= 11 is 0. The number of carbonyl (C=O) groups is 1. The van der Waals surface area contributed by atoms with E-state index >= 15 is 0 Å². The van der Waals surface area contributed by atoms with Gasteiger partial charge in [0, 0.05) is 25.6 Å². The number of rotatable bonds is 3. The van der Waals surface area contributed by atoms with Crippen molar-refractivity contribution in [3.8, 4) is 0 Å². The fourth-order valence-corrected chi connectivity index (χ4v) is 9.49. The predicted octanol–water partition coefficient (Wildman–Crippen LogP) is 6.17. The Morgan fingerprint density at radius 3 is 2.71 bits per heavy atom. The summed E-state index contributed by atoms with van der Waals surface area (Å²) in [6.07, 6.45) is 12.4. The molecule has 0 aromatic heterocycles. The number of hydrogen-bond donors (Lipinski definition) is 1. The number of ether oxygens (including phenoxy) is 1. The molecule has 0 unspecified atom stereocenters. The van der Waals surface area contributed by atoms with E-state index in [9.17, 15) is 4.79 Å². The quantitative estimate of drug-likeness (QED) is 0.546. The van der Waals surface area contributed by atoms with Crippen molar-refractivity contribution in [1.29, 1.82) is 0 Å². The van der Waals surface area contributed by atoms with Crippen LogP contribution < -0.4 is 5.32 Å². The molecule has 8 atom stereocenters. The van der Waals surface area contributed by atoms with Gasteiger partial charge in [0.25, 0.3) is 0 Å². The van der Waals surface area contributed by atoms with Crippen LogP contribution in [0.15, 0.2) is 42.0 Å². The fourth-order valence-electron chi connectivity index (χ4n) is 9.49. The number of fused-ring (bicyclic) bond motifs is 4. The van der Waals surface area contributed by atoms with Crippen LogP contribution in [0.2, 0.25) is 0 Å². The summed E-state index contributed by atoms with van der Waals surface area (Å²) < 4.78 is 5.90. The van der Waals surface area contributed by atoms with E-state index in [1.54, 1.807) is 5.57 Å². The van der Waals surface area contributed by atoms with Gasteiger partial charge in [-0.2, -0.15) is 0 Å². The highest BCUT2D eigenvalue weighted by Crippen LogP contribution is 2.68. The molecule has 4 aliphatic carbocycles. The van der Waals surface area contributed by atoms with E-state index in [0.29, 0.717) is 17.4 Å². The summed E-state index contributed by atoms with van der Waals surface area (Å²) in [5.74, 6) is 3.50. The number of allylic oxidation sites excluding steroid dienone is 1. The highest BCUT2D eigenvalue weighted by Gasteiger charge is 2.64. The third-order valence-electron chi connectivity index (χ3n) is 11.2. The normalized spacial score (nSPS) is 43.2. The predicted molar refractivity (Wildman–Crippen MR) is 135 cm³/mol. The Labute approximate surface area is 205 Å². The third-order valence-corrected chi connectivity index (χ3v) is 11.2. The zero-order valence-corrected chi connectivity index (χ0v) is 21.3. The van der Waals surface area contributed by atoms with Crippen LogP contribution in [0, 0.1) is 34.5 Å². The van der Waals surface area contributed by atoms with Crippen LogP contribution in [-0.2, 0) is 11.3 Å². The Kier molecular flexibility index (Phi) is 5.59. The molecule has 6 rings (SSSR count). The van der Waals surface area contributed by atoms with Gasteiger partial charge < -0.3 is 15.0 Å². The molecular weight excluding hydrogens is 420 g/mol. The lowest BCUT2D eigenvalue weighted by Crippen LogP contribution is -2.52. The van der Waals surface area contributed by atoms with Crippen molar-refractivity contribution < 1.29 is 9.53 Å². The molecule has 4 nitrogen and oxygen atoms in total. The molecule has 1 aromatic carbocycles. The van der Waals surface area contributed by atoms with Gasteiger partial charge in [0.1, 0.15) is 6.10 Å². The van der Waals surface area contributed by atoms with Gasteiger partial charge in [-0.3, -0.25) is 0 Å². The molecule has 1 aliphatic heterocycles. The molecular formula is C30H42N2O2. The van der Waals surface area contributed by atoms with Gasteiger partial charge in [0.05, 0.1) is 0 Å². The Bertz CT molecular complexity index is 960. The number of likely N-dealkylation sites (tertiary alicyclic amines) is 1. The first kappa shape index (κ1) is 22.6. The van der Waals surface area contributed by atoms with Crippen LogP contribution in [-0.4, -0.2) is 36.7 Å². The van der Waals surface area contributed by atoms with Gasteiger partial charge in [-0.15, -0.1) is 0 Å². The van der Waals surface area contributed by atoms with E-state index in [1.807, 2.05) is 30.3 Å². The number of benzene rings is 1. The van der Waals surface area contributed by atoms with Gasteiger partial charge >= 0.3 is 6.09 Å². The third kappa shape index (κ3) is 3.46. The van der Waals surface area contributed by atoms with E-state index in [-0.39, 0.29) is 12.2 Å². The second kappa shape index (κ2) is 8.40. The molecule has 3 saturated carbocycles. The first-order chi connectivity index (χ1) is 16.4. The second-order valence-corrected chi connectivity index (χ2v) is 12.5. The Balaban J connectivity index is 1.12. The van der Waals surface area contributed by atoms with Crippen molar-refractivity contribution in [1.82, 2.24) is 10.2 Å². The monoisotopic (exact) mass is 462 g/mol. The largest absolute Gasteiger partial charge is 0.446 e. The van der Waals surface area contributed by atoms with Crippen LogP contribution in [0.4, 0.5) is 4.79 Å². The van der Waals surface area contributed by atoms with Gasteiger partial charge in [-0.25, -0.2) is 4.79 Å². The van der Waals surface area contributed by atoms with Crippen molar-refractivity contribution in [3.63, 3.8) is 0 Å². The SMILES string of the molecule is C[C@H]1[C@H]2CC[C@H]3[C@@H]4CC=C5C[C@@H](OC(=O)NCc6ccccc6)CC[C@]5(C)[C@H]4CC[C@]23CN1C. The molecule has 1 saturated heterocycles. The number of alkyl carbamates (subject to hydrolysis) is 1. The van der Waals surface area contributed by atoms with Crippen molar-refractivity contribution in [2.45, 2.75) is 83.9 Å².